The van der Waals surface area contributed by atoms with Crippen molar-refractivity contribution in [1.29, 1.82) is 0 Å². The number of nitrogens with two attached hydrogens (primary N) is 1. The number of anilines is 1. The topological polar surface area (TPSA) is 107 Å². The zero-order valence-electron chi connectivity index (χ0n) is 22.9. The van der Waals surface area contributed by atoms with Gasteiger partial charge < -0.3 is 15.5 Å². The van der Waals surface area contributed by atoms with Crippen molar-refractivity contribution in [3.8, 4) is 0 Å². The summed E-state index contributed by atoms with van der Waals surface area (Å²) in [6, 6.07) is 4.78. The van der Waals surface area contributed by atoms with Gasteiger partial charge >= 0.3 is 0 Å². The highest BCUT2D eigenvalue weighted by molar-refractivity contribution is 6.00. The molecule has 0 aromatic heterocycles. The average molecular weight is 526 g/mol. The number of nitrogens with zero attached hydrogens (tertiary/aromatic N) is 4. The van der Waals surface area contributed by atoms with E-state index in [2.05, 4.69) is 4.90 Å². The monoisotopic (exact) mass is 525 g/mol. The predicted octanol–water partition coefficient (Wildman–Crippen LogP) is 2.70. The van der Waals surface area contributed by atoms with Crippen molar-refractivity contribution in [3.05, 3.63) is 41.5 Å². The lowest BCUT2D eigenvalue weighted by Gasteiger charge is -2.36. The summed E-state index contributed by atoms with van der Waals surface area (Å²) in [5.41, 5.74) is 7.83. The first-order valence-electron chi connectivity index (χ1n) is 13.8. The van der Waals surface area contributed by atoms with E-state index in [1.165, 1.54) is 11.3 Å². The molecule has 1 aromatic carbocycles. The summed E-state index contributed by atoms with van der Waals surface area (Å²) in [6.07, 6.45) is 11.2. The third-order valence-corrected chi connectivity index (χ3v) is 7.57. The highest BCUT2D eigenvalue weighted by Gasteiger charge is 2.36. The lowest BCUT2D eigenvalue weighted by atomic mass is 10.00. The number of carbonyl (C=O) groups is 4. The first-order chi connectivity index (χ1) is 18.3. The van der Waals surface area contributed by atoms with Gasteiger partial charge in [0.1, 0.15) is 6.29 Å². The molecule has 0 radical (unpaired) electrons. The van der Waals surface area contributed by atoms with Gasteiger partial charge in [0.25, 0.3) is 0 Å². The van der Waals surface area contributed by atoms with Crippen LogP contribution < -0.4 is 5.73 Å². The molecule has 9 nitrogen and oxygen atoms in total. The minimum Gasteiger partial charge on any atom is -0.398 e. The third kappa shape index (κ3) is 8.23. The molecular weight excluding hydrogens is 482 g/mol. The first-order valence-corrected chi connectivity index (χ1v) is 13.8. The highest BCUT2D eigenvalue weighted by Crippen LogP contribution is 2.23. The maximum Gasteiger partial charge on any atom is 0.246 e. The number of unbranched alkanes of at least 4 members (excludes halogenated alkanes) is 2. The second kappa shape index (κ2) is 14.8. The van der Waals surface area contributed by atoms with E-state index in [0.717, 1.165) is 58.0 Å². The Bertz CT molecular complexity index is 1000. The summed E-state index contributed by atoms with van der Waals surface area (Å²) in [5, 5.41) is 0. The molecule has 3 amide bonds. The molecule has 2 aliphatic heterocycles. The molecule has 2 aliphatic rings. The van der Waals surface area contributed by atoms with E-state index in [0.29, 0.717) is 49.3 Å². The summed E-state index contributed by atoms with van der Waals surface area (Å²) in [4.78, 5) is 56.7. The summed E-state index contributed by atoms with van der Waals surface area (Å²) in [6.45, 7) is 4.11. The maximum absolute atomic E-state index is 13.2. The van der Waals surface area contributed by atoms with E-state index in [-0.39, 0.29) is 17.7 Å². The summed E-state index contributed by atoms with van der Waals surface area (Å²) >= 11 is 0. The third-order valence-electron chi connectivity index (χ3n) is 7.57. The van der Waals surface area contributed by atoms with E-state index in [1.54, 1.807) is 24.3 Å². The summed E-state index contributed by atoms with van der Waals surface area (Å²) in [5.74, 6) is -0.186. The molecule has 3 rings (SSSR count). The number of imide groups is 1. The molecule has 38 heavy (non-hydrogen) atoms. The fourth-order valence-electron chi connectivity index (χ4n) is 5.21. The normalized spacial score (nSPS) is 18.7. The Balaban J connectivity index is 1.39. The number of carbonyl (C=O) groups excluding carboxylic acids is 4. The molecule has 0 saturated carbocycles. The van der Waals surface area contributed by atoms with Crippen LogP contribution in [-0.4, -0.2) is 96.5 Å². The number of likely N-dealkylation sites (N-methyl/N-ethyl adjacent to an activating group) is 2. The SMILES string of the molecule is CN(C/C=C/C(=O)N1CCCCC1)CCCCCN1C(=O)CCC(N(C)Cc2c(N)cccc2C=O)C1=O. The van der Waals surface area contributed by atoms with Gasteiger partial charge in [-0.2, -0.15) is 0 Å². The van der Waals surface area contributed by atoms with E-state index in [4.69, 9.17) is 5.73 Å². The predicted molar refractivity (Wildman–Crippen MR) is 148 cm³/mol. The smallest absolute Gasteiger partial charge is 0.246 e. The number of piperidine rings is 2. The van der Waals surface area contributed by atoms with E-state index in [9.17, 15) is 19.2 Å². The largest absolute Gasteiger partial charge is 0.398 e. The van der Waals surface area contributed by atoms with Crippen LogP contribution in [0.15, 0.2) is 30.4 Å². The van der Waals surface area contributed by atoms with Crippen LogP contribution in [0.2, 0.25) is 0 Å². The fraction of sp³-hybridized carbons (Fsp3) is 0.586. The molecule has 2 saturated heterocycles. The molecular formula is C29H43N5O4. The molecule has 0 spiro atoms. The number of benzene rings is 1. The van der Waals surface area contributed by atoms with Gasteiger partial charge in [0.05, 0.1) is 6.04 Å². The number of nitrogen functional groups attached to an aromatic ring is 1. The van der Waals surface area contributed by atoms with Crippen molar-refractivity contribution in [2.45, 2.75) is 64.0 Å². The second-order valence-corrected chi connectivity index (χ2v) is 10.5. The number of amides is 3. The van der Waals surface area contributed by atoms with Crippen LogP contribution in [0.5, 0.6) is 0 Å². The van der Waals surface area contributed by atoms with Gasteiger partial charge in [-0.05, 0) is 70.8 Å². The van der Waals surface area contributed by atoms with Crippen molar-refractivity contribution in [1.82, 2.24) is 19.6 Å². The van der Waals surface area contributed by atoms with Gasteiger partial charge in [0, 0.05) is 56.5 Å². The lowest BCUT2D eigenvalue weighted by molar-refractivity contribution is -0.152. The van der Waals surface area contributed by atoms with Crippen LogP contribution >= 0.6 is 0 Å². The van der Waals surface area contributed by atoms with Crippen molar-refractivity contribution < 1.29 is 19.2 Å². The van der Waals surface area contributed by atoms with Crippen LogP contribution in [0.4, 0.5) is 5.69 Å². The highest BCUT2D eigenvalue weighted by atomic mass is 16.2. The number of rotatable bonds is 13. The maximum atomic E-state index is 13.2. The minimum absolute atomic E-state index is 0.106. The van der Waals surface area contributed by atoms with Crippen molar-refractivity contribution in [2.24, 2.45) is 0 Å². The van der Waals surface area contributed by atoms with Crippen molar-refractivity contribution >= 4 is 29.7 Å². The van der Waals surface area contributed by atoms with Crippen LogP contribution in [-0.2, 0) is 20.9 Å². The Morgan fingerprint density at radius 2 is 1.87 bits per heavy atom. The fourth-order valence-corrected chi connectivity index (χ4v) is 5.21. The van der Waals surface area contributed by atoms with Crippen LogP contribution in [0.1, 0.15) is 67.3 Å². The van der Waals surface area contributed by atoms with E-state index in [1.807, 2.05) is 30.0 Å². The number of likely N-dealkylation sites (tertiary alicyclic amines) is 2. The Labute approximate surface area is 226 Å². The van der Waals surface area contributed by atoms with Crippen molar-refractivity contribution in [2.75, 3.05) is 52.6 Å². The number of hydrogen-bond donors (Lipinski definition) is 1. The molecule has 2 fully saturated rings. The first kappa shape index (κ1) is 29.5. The van der Waals surface area contributed by atoms with E-state index >= 15 is 0 Å². The van der Waals surface area contributed by atoms with Gasteiger partial charge in [-0.25, -0.2) is 0 Å². The molecule has 9 heteroatoms. The molecule has 2 N–H and O–H groups in total. The summed E-state index contributed by atoms with van der Waals surface area (Å²) < 4.78 is 0. The Morgan fingerprint density at radius 1 is 1.11 bits per heavy atom. The molecule has 0 bridgehead atoms. The zero-order valence-corrected chi connectivity index (χ0v) is 22.9. The molecule has 0 aliphatic carbocycles. The van der Waals surface area contributed by atoms with Gasteiger partial charge in [-0.1, -0.05) is 24.6 Å². The molecule has 208 valence electrons. The number of hydrogen-bond acceptors (Lipinski definition) is 7. The van der Waals surface area contributed by atoms with E-state index < -0.39 is 6.04 Å². The van der Waals surface area contributed by atoms with Gasteiger partial charge in [0.15, 0.2) is 0 Å². The standard InChI is InChI=1S/C29H43N5O4/c1-31(17-10-13-27(36)33-18-6-4-7-19-33)16-5-3-8-20-34-28(37)15-14-26(29(34)38)32(2)21-24-23(22-35)11-9-12-25(24)30/h9-13,22,26H,3-8,14-21,30H2,1-2H3/b13-10+. The van der Waals surface area contributed by atoms with Crippen LogP contribution in [0, 0.1) is 0 Å². The summed E-state index contributed by atoms with van der Waals surface area (Å²) in [7, 11) is 3.87. The minimum atomic E-state index is -0.419. The van der Waals surface area contributed by atoms with Crippen LogP contribution in [0.25, 0.3) is 0 Å². The Morgan fingerprint density at radius 3 is 2.61 bits per heavy atom. The Hall–Kier alpha value is -3.04. The molecule has 1 atom stereocenters. The molecule has 1 unspecified atom stereocenters. The Kier molecular flexibility index (Phi) is 11.5. The molecule has 2 heterocycles. The van der Waals surface area contributed by atoms with Crippen LogP contribution in [0.3, 0.4) is 0 Å². The van der Waals surface area contributed by atoms with Gasteiger partial charge in [0.2, 0.25) is 17.7 Å². The average Bonchev–Trinajstić information content (AvgIpc) is 2.91. The molecule has 1 aromatic rings. The number of aldehydes is 1. The van der Waals surface area contributed by atoms with Gasteiger partial charge in [-0.15, -0.1) is 0 Å². The van der Waals surface area contributed by atoms with Gasteiger partial charge in [-0.3, -0.25) is 29.0 Å². The zero-order chi connectivity index (χ0) is 27.5. The van der Waals surface area contributed by atoms with Crippen molar-refractivity contribution in [3.63, 3.8) is 0 Å². The quantitative estimate of drug-likeness (QED) is 0.139. The lowest BCUT2D eigenvalue weighted by Crippen LogP contribution is -2.53. The second-order valence-electron chi connectivity index (χ2n) is 10.5.